The van der Waals surface area contributed by atoms with E-state index in [9.17, 15) is 0 Å². The first-order valence-electron chi connectivity index (χ1n) is 28.5. The van der Waals surface area contributed by atoms with Gasteiger partial charge >= 0.3 is 16.3 Å². The minimum atomic E-state index is -1.50. The molecule has 0 bridgehead atoms. The van der Waals surface area contributed by atoms with Crippen LogP contribution in [0.2, 0.25) is 0 Å². The van der Waals surface area contributed by atoms with Crippen molar-refractivity contribution in [2.24, 2.45) is 0 Å². The van der Waals surface area contributed by atoms with Crippen molar-refractivity contribution in [3.05, 3.63) is 93.0 Å². The molecule has 0 saturated heterocycles. The summed E-state index contributed by atoms with van der Waals surface area (Å²) in [5, 5.41) is 11.8. The van der Waals surface area contributed by atoms with E-state index in [-0.39, 0.29) is 43.3 Å². The average molecular weight is 1080 g/mol. The Morgan fingerprint density at radius 3 is 0.711 bits per heavy atom. The van der Waals surface area contributed by atoms with Crippen LogP contribution in [0.1, 0.15) is 236 Å². The largest absolute Gasteiger partial charge is 0.408 e. The fraction of sp³-hybridized carbons (Fsp3) is 0.636. The van der Waals surface area contributed by atoms with Crippen LogP contribution in [0.3, 0.4) is 0 Å². The molecule has 0 saturated carbocycles. The average Bonchev–Trinajstić information content (AvgIpc) is 3.52. The Labute approximate surface area is 462 Å². The van der Waals surface area contributed by atoms with Gasteiger partial charge in [0.05, 0.1) is 0 Å². The summed E-state index contributed by atoms with van der Waals surface area (Å²) in [7, 11) is -3.00. The Morgan fingerprint density at radius 1 is 0.303 bits per heavy atom. The van der Waals surface area contributed by atoms with Crippen LogP contribution >= 0.6 is 16.3 Å². The van der Waals surface area contributed by atoms with E-state index in [2.05, 4.69) is 225 Å². The highest BCUT2D eigenvalue weighted by Crippen LogP contribution is 2.47. The first-order chi connectivity index (χ1) is 34.8. The van der Waals surface area contributed by atoms with Crippen LogP contribution in [0, 0.1) is 0 Å². The smallest absolute Gasteiger partial charge is 0.306 e. The molecular formula is C66H102N2O6P2. The molecule has 0 aliphatic carbocycles. The number of unbranched alkanes of at least 4 members (excludes halogenated alkanes) is 1. The van der Waals surface area contributed by atoms with Crippen molar-refractivity contribution >= 4 is 60.2 Å². The third kappa shape index (κ3) is 15.2. The summed E-state index contributed by atoms with van der Waals surface area (Å²) >= 11 is 0. The maximum absolute atomic E-state index is 7.04. The van der Waals surface area contributed by atoms with Gasteiger partial charge in [0.2, 0.25) is 0 Å². The second-order valence-electron chi connectivity index (χ2n) is 29.9. The monoisotopic (exact) mass is 1080 g/mol. The third-order valence-corrected chi connectivity index (χ3v) is 16.9. The highest BCUT2D eigenvalue weighted by atomic mass is 31.1. The first kappa shape index (κ1) is 61.7. The van der Waals surface area contributed by atoms with Crippen LogP contribution in [0.4, 0.5) is 0 Å². The van der Waals surface area contributed by atoms with Gasteiger partial charge in [0.25, 0.3) is 0 Å². The molecule has 76 heavy (non-hydrogen) atoms. The predicted molar refractivity (Wildman–Crippen MR) is 331 cm³/mol. The molecule has 0 aliphatic rings. The fourth-order valence-electron chi connectivity index (χ4n) is 9.47. The van der Waals surface area contributed by atoms with Gasteiger partial charge in [0.1, 0.15) is 22.3 Å². The van der Waals surface area contributed by atoms with E-state index < -0.39 is 16.3 Å². The van der Waals surface area contributed by atoms with Gasteiger partial charge in [-0.3, -0.25) is 0 Å². The molecule has 0 aliphatic heterocycles. The Morgan fingerprint density at radius 2 is 0.513 bits per heavy atom. The highest BCUT2D eigenvalue weighted by molar-refractivity contribution is 7.39. The Balaban J connectivity index is 1.09. The molecule has 6 aromatic rings. The maximum atomic E-state index is 7.04. The van der Waals surface area contributed by atoms with Crippen LogP contribution in [0.5, 0.6) is 0 Å². The summed E-state index contributed by atoms with van der Waals surface area (Å²) in [6, 6.07) is 18.9. The van der Waals surface area contributed by atoms with E-state index in [1.54, 1.807) is 0 Å². The molecule has 10 heteroatoms. The molecule has 2 N–H and O–H groups in total. The topological polar surface area (TPSA) is 95.1 Å². The SMILES string of the molecule is CC(C)(C)c1cc(C(C)(C)C)c2op(NCCCOCCCCOCCCNp3oc4c(C(C)(C)C)cc(C(C)(C)C)cc4c4cc(C(C)(C)C)cc(C(C)(C)C)c4o3)oc3c(C(C)(C)C)cc(C(C)(C)C)cc3c2c1. The normalized spacial score (nSPS) is 13.7. The molecular weight excluding hydrogens is 979 g/mol. The van der Waals surface area contributed by atoms with Crippen LogP contribution < -0.4 is 10.2 Å². The molecule has 0 atom stereocenters. The minimum absolute atomic E-state index is 0.0425. The van der Waals surface area contributed by atoms with E-state index in [4.69, 9.17) is 26.3 Å². The summed E-state index contributed by atoms with van der Waals surface area (Å²) in [6.45, 7) is 59.1. The molecule has 0 spiro atoms. The zero-order valence-corrected chi connectivity index (χ0v) is 53.8. The van der Waals surface area contributed by atoms with E-state index in [1.807, 2.05) is 0 Å². The van der Waals surface area contributed by atoms with Gasteiger partial charge in [0.15, 0.2) is 0 Å². The molecule has 2 heterocycles. The van der Waals surface area contributed by atoms with Crippen LogP contribution in [0.15, 0.2) is 65.3 Å². The summed E-state index contributed by atoms with van der Waals surface area (Å²) in [6.07, 6.45) is 3.58. The van der Waals surface area contributed by atoms with Crippen LogP contribution in [-0.2, 0) is 52.8 Å². The van der Waals surface area contributed by atoms with Crippen molar-refractivity contribution in [3.8, 4) is 0 Å². The lowest BCUT2D eigenvalue weighted by Gasteiger charge is -2.27. The Kier molecular flexibility index (Phi) is 18.6. The van der Waals surface area contributed by atoms with Gasteiger partial charge in [-0.1, -0.05) is 190 Å². The molecule has 6 rings (SSSR count). The minimum Gasteiger partial charge on any atom is -0.408 e. The molecule has 0 radical (unpaired) electrons. The van der Waals surface area contributed by atoms with Crippen molar-refractivity contribution in [2.45, 2.75) is 235 Å². The summed E-state index contributed by atoms with van der Waals surface area (Å²) in [4.78, 5) is 0. The van der Waals surface area contributed by atoms with Crippen molar-refractivity contribution in [1.29, 1.82) is 0 Å². The third-order valence-electron chi connectivity index (χ3n) is 14.6. The van der Waals surface area contributed by atoms with Gasteiger partial charge in [0, 0.05) is 83.3 Å². The number of nitrogens with one attached hydrogen (secondary N) is 2. The van der Waals surface area contributed by atoms with Gasteiger partial charge in [-0.05, 0) is 116 Å². The molecule has 2 aromatic heterocycles. The van der Waals surface area contributed by atoms with Crippen molar-refractivity contribution in [3.63, 3.8) is 0 Å². The number of rotatable bonds is 15. The lowest BCUT2D eigenvalue weighted by molar-refractivity contribution is 0.103. The van der Waals surface area contributed by atoms with Gasteiger partial charge in [-0.2, -0.15) is 0 Å². The summed E-state index contributed by atoms with van der Waals surface area (Å²) in [5.74, 6) is 0. The zero-order chi connectivity index (χ0) is 56.8. The van der Waals surface area contributed by atoms with Crippen molar-refractivity contribution < 1.29 is 26.3 Å². The highest BCUT2D eigenvalue weighted by Gasteiger charge is 2.31. The zero-order valence-electron chi connectivity index (χ0n) is 52.0. The summed E-state index contributed by atoms with van der Waals surface area (Å²) < 4.78 is 40.5. The van der Waals surface area contributed by atoms with E-state index >= 15 is 0 Å². The second kappa shape index (κ2) is 22.9. The number of hydrogen-bond donors (Lipinski definition) is 2. The Bertz CT molecular complexity index is 2670. The van der Waals surface area contributed by atoms with E-state index in [1.165, 1.54) is 44.5 Å². The lowest BCUT2D eigenvalue weighted by atomic mass is 9.77. The molecule has 4 aromatic carbocycles. The first-order valence-corrected chi connectivity index (χ1v) is 30.8. The Hall–Kier alpha value is -3.48. The standard InChI is InChI=1S/C66H102N2O6P2/c1-59(2,3)43-35-47-48-36-44(60(4,5)6)40-52(64(16,17)18)56(48)72-75(71-55(47)51(39-43)63(13,14)15)67-29-27-33-69-31-25-26-32-70-34-28-30-68-76-73-57-49(37-45(61(7,8)9)41-53(57)65(19,20)21)50-38-46(62(10,11)12)42-54(58(50)74-76)66(22,23)24/h35-42,67-68H,25-34H2,1-24H3. The van der Waals surface area contributed by atoms with Crippen molar-refractivity contribution in [2.75, 3.05) is 49.7 Å². The summed E-state index contributed by atoms with van der Waals surface area (Å²) in [5.41, 5.74) is 12.9. The molecule has 8 nitrogen and oxygen atoms in total. The maximum Gasteiger partial charge on any atom is 0.306 e. The van der Waals surface area contributed by atoms with E-state index in [0.717, 1.165) is 69.6 Å². The number of benzene rings is 4. The number of ether oxygens (including phenoxy) is 2. The lowest BCUT2D eigenvalue weighted by Crippen LogP contribution is -2.17. The van der Waals surface area contributed by atoms with Gasteiger partial charge < -0.3 is 26.3 Å². The van der Waals surface area contributed by atoms with Crippen molar-refractivity contribution in [1.82, 2.24) is 0 Å². The van der Waals surface area contributed by atoms with Crippen LogP contribution in [-0.4, -0.2) is 39.5 Å². The molecule has 422 valence electrons. The second-order valence-corrected chi connectivity index (χ2v) is 32.3. The van der Waals surface area contributed by atoms with E-state index in [0.29, 0.717) is 39.5 Å². The molecule has 0 fully saturated rings. The van der Waals surface area contributed by atoms with Gasteiger partial charge in [-0.25, -0.2) is 10.2 Å². The predicted octanol–water partition coefficient (Wildman–Crippen LogP) is 20.7. The van der Waals surface area contributed by atoms with Gasteiger partial charge in [-0.15, -0.1) is 0 Å². The quantitative estimate of drug-likeness (QED) is 0.0982. The van der Waals surface area contributed by atoms with Crippen LogP contribution in [0.25, 0.3) is 43.9 Å². The molecule has 0 amide bonds. The number of fused-ring (bicyclic) bond motifs is 6. The fourth-order valence-corrected chi connectivity index (χ4v) is 11.9. The molecule has 0 unspecified atom stereocenters. The number of hydrogen-bond acceptors (Lipinski definition) is 8.